The molecule has 2 heteroatoms. The topological polar surface area (TPSA) is 31.2 Å². The first-order chi connectivity index (χ1) is 7.28. The first kappa shape index (κ1) is 11.2. The van der Waals surface area contributed by atoms with E-state index in [1.165, 1.54) is 12.8 Å². The molecule has 1 fully saturated rings. The summed E-state index contributed by atoms with van der Waals surface area (Å²) < 4.78 is 6.14. The summed E-state index contributed by atoms with van der Waals surface area (Å²) in [7, 11) is 0. The Morgan fingerprint density at radius 2 is 2.13 bits per heavy atom. The zero-order chi connectivity index (χ0) is 10.8. The smallest absolute Gasteiger partial charge is 0.0930 e. The molecule has 2 aliphatic rings. The molecule has 86 valence electrons. The van der Waals surface area contributed by atoms with Crippen molar-refractivity contribution in [2.45, 2.75) is 70.7 Å². The molecule has 0 amide bonds. The van der Waals surface area contributed by atoms with Crippen LogP contribution in [-0.2, 0) is 4.74 Å². The molecule has 1 heterocycles. The van der Waals surface area contributed by atoms with E-state index in [9.17, 15) is 0 Å². The van der Waals surface area contributed by atoms with Crippen molar-refractivity contribution in [3.63, 3.8) is 0 Å². The van der Waals surface area contributed by atoms with Crippen molar-refractivity contribution in [2.75, 3.05) is 0 Å². The quantitative estimate of drug-likeness (QED) is 0.557. The van der Waals surface area contributed by atoms with Crippen LogP contribution in [0.5, 0.6) is 0 Å². The van der Waals surface area contributed by atoms with Gasteiger partial charge < -0.3 is 10.1 Å². The SMILES string of the molecule is CCC1=C[C@@H](OC(CC)CC)[C@H]2N[C@@H]2C1. The molecule has 1 saturated heterocycles. The maximum Gasteiger partial charge on any atom is 0.0930 e. The minimum atomic E-state index is 0.337. The predicted octanol–water partition coefficient (Wildman–Crippen LogP) is 2.64. The summed E-state index contributed by atoms with van der Waals surface area (Å²) in [5.41, 5.74) is 1.57. The van der Waals surface area contributed by atoms with Crippen molar-refractivity contribution in [1.29, 1.82) is 0 Å². The lowest BCUT2D eigenvalue weighted by Crippen LogP contribution is -2.28. The van der Waals surface area contributed by atoms with Crippen LogP contribution in [0.4, 0.5) is 0 Å². The van der Waals surface area contributed by atoms with Gasteiger partial charge in [-0.3, -0.25) is 0 Å². The summed E-state index contributed by atoms with van der Waals surface area (Å²) in [5.74, 6) is 0. The largest absolute Gasteiger partial charge is 0.369 e. The van der Waals surface area contributed by atoms with Gasteiger partial charge in [0.1, 0.15) is 0 Å². The highest BCUT2D eigenvalue weighted by Gasteiger charge is 2.45. The Hall–Kier alpha value is -0.340. The van der Waals surface area contributed by atoms with E-state index >= 15 is 0 Å². The normalized spacial score (nSPS) is 33.9. The van der Waals surface area contributed by atoms with Crippen LogP contribution in [0.25, 0.3) is 0 Å². The van der Waals surface area contributed by atoms with E-state index in [2.05, 4.69) is 32.2 Å². The molecule has 1 aliphatic carbocycles. The maximum atomic E-state index is 6.14. The van der Waals surface area contributed by atoms with Crippen molar-refractivity contribution in [1.82, 2.24) is 5.32 Å². The monoisotopic (exact) mass is 209 g/mol. The van der Waals surface area contributed by atoms with Gasteiger partial charge >= 0.3 is 0 Å². The highest BCUT2D eigenvalue weighted by atomic mass is 16.5. The van der Waals surface area contributed by atoms with Gasteiger partial charge in [-0.1, -0.05) is 32.4 Å². The Labute approximate surface area is 93.1 Å². The molecule has 0 unspecified atom stereocenters. The van der Waals surface area contributed by atoms with Crippen LogP contribution in [0.15, 0.2) is 11.6 Å². The van der Waals surface area contributed by atoms with Crippen molar-refractivity contribution < 1.29 is 4.74 Å². The van der Waals surface area contributed by atoms with Gasteiger partial charge in [0.15, 0.2) is 0 Å². The highest BCUT2D eigenvalue weighted by Crippen LogP contribution is 2.33. The zero-order valence-electron chi connectivity index (χ0n) is 10.1. The summed E-state index contributed by atoms with van der Waals surface area (Å²) in [6.45, 7) is 6.65. The fourth-order valence-corrected chi connectivity index (χ4v) is 2.48. The van der Waals surface area contributed by atoms with Crippen LogP contribution >= 0.6 is 0 Å². The van der Waals surface area contributed by atoms with E-state index in [0.29, 0.717) is 24.3 Å². The molecule has 2 rings (SSSR count). The molecule has 0 spiro atoms. The molecule has 0 saturated carbocycles. The van der Waals surface area contributed by atoms with Crippen LogP contribution in [0, 0.1) is 0 Å². The Morgan fingerprint density at radius 1 is 1.40 bits per heavy atom. The molecule has 0 aromatic rings. The summed E-state index contributed by atoms with van der Waals surface area (Å²) in [6, 6.07) is 1.32. The molecule has 2 nitrogen and oxygen atoms in total. The van der Waals surface area contributed by atoms with E-state index in [1.54, 1.807) is 5.57 Å². The Kier molecular flexibility index (Phi) is 3.47. The van der Waals surface area contributed by atoms with E-state index in [0.717, 1.165) is 12.8 Å². The maximum absolute atomic E-state index is 6.14. The van der Waals surface area contributed by atoms with Gasteiger partial charge in [0.2, 0.25) is 0 Å². The van der Waals surface area contributed by atoms with Crippen molar-refractivity contribution >= 4 is 0 Å². The second-order valence-corrected chi connectivity index (χ2v) is 4.72. The number of nitrogens with one attached hydrogen (secondary N) is 1. The summed E-state index contributed by atoms with van der Waals surface area (Å²) in [4.78, 5) is 0. The minimum absolute atomic E-state index is 0.337. The fourth-order valence-electron chi connectivity index (χ4n) is 2.48. The lowest BCUT2D eigenvalue weighted by Gasteiger charge is -2.24. The number of rotatable bonds is 5. The number of hydrogen-bond acceptors (Lipinski definition) is 2. The molecular formula is C13H23NO. The number of ether oxygens (including phenoxy) is 1. The zero-order valence-corrected chi connectivity index (χ0v) is 10.1. The van der Waals surface area contributed by atoms with Crippen molar-refractivity contribution in [2.24, 2.45) is 0 Å². The molecule has 0 aromatic carbocycles. The molecular weight excluding hydrogens is 186 g/mol. The fraction of sp³-hybridized carbons (Fsp3) is 0.846. The van der Waals surface area contributed by atoms with E-state index in [1.807, 2.05) is 0 Å². The van der Waals surface area contributed by atoms with Crippen LogP contribution in [0.1, 0.15) is 46.5 Å². The summed E-state index contributed by atoms with van der Waals surface area (Å²) in [6.07, 6.45) is 7.80. The molecule has 1 N–H and O–H groups in total. The first-order valence-electron chi connectivity index (χ1n) is 6.39. The van der Waals surface area contributed by atoms with Crippen LogP contribution < -0.4 is 5.32 Å². The standard InChI is InChI=1S/C13H23NO/c1-4-9-7-11-13(14-11)12(8-9)15-10(5-2)6-3/h8,10-14H,4-7H2,1-3H3/t11-,12-,13+/m1/s1. The van der Waals surface area contributed by atoms with Gasteiger partial charge in [-0.15, -0.1) is 0 Å². The van der Waals surface area contributed by atoms with E-state index < -0.39 is 0 Å². The first-order valence-corrected chi connectivity index (χ1v) is 6.39. The Balaban J connectivity index is 1.95. The summed E-state index contributed by atoms with van der Waals surface area (Å²) >= 11 is 0. The van der Waals surface area contributed by atoms with Crippen LogP contribution in [0.2, 0.25) is 0 Å². The minimum Gasteiger partial charge on any atom is -0.369 e. The van der Waals surface area contributed by atoms with Gasteiger partial charge in [0.25, 0.3) is 0 Å². The van der Waals surface area contributed by atoms with E-state index in [-0.39, 0.29) is 0 Å². The second-order valence-electron chi connectivity index (χ2n) is 4.72. The predicted molar refractivity (Wildman–Crippen MR) is 62.9 cm³/mol. The average molecular weight is 209 g/mol. The third kappa shape index (κ3) is 2.43. The molecule has 15 heavy (non-hydrogen) atoms. The second kappa shape index (κ2) is 4.67. The van der Waals surface area contributed by atoms with Gasteiger partial charge in [-0.25, -0.2) is 0 Å². The van der Waals surface area contributed by atoms with Gasteiger partial charge in [0.05, 0.1) is 18.2 Å². The van der Waals surface area contributed by atoms with Gasteiger partial charge in [-0.2, -0.15) is 0 Å². The van der Waals surface area contributed by atoms with Crippen molar-refractivity contribution in [3.05, 3.63) is 11.6 Å². The third-order valence-electron chi connectivity index (χ3n) is 3.68. The van der Waals surface area contributed by atoms with Gasteiger partial charge in [-0.05, 0) is 25.7 Å². The Bertz CT molecular complexity index is 245. The lowest BCUT2D eigenvalue weighted by molar-refractivity contribution is 0.00608. The number of hydrogen-bond donors (Lipinski definition) is 1. The van der Waals surface area contributed by atoms with E-state index in [4.69, 9.17) is 4.74 Å². The lowest BCUT2D eigenvalue weighted by atomic mass is 9.95. The molecule has 0 radical (unpaired) electrons. The third-order valence-corrected chi connectivity index (χ3v) is 3.68. The van der Waals surface area contributed by atoms with Crippen LogP contribution in [0.3, 0.4) is 0 Å². The number of fused-ring (bicyclic) bond motifs is 1. The van der Waals surface area contributed by atoms with Crippen LogP contribution in [-0.4, -0.2) is 24.3 Å². The highest BCUT2D eigenvalue weighted by molar-refractivity contribution is 5.24. The molecule has 3 atom stereocenters. The van der Waals surface area contributed by atoms with Gasteiger partial charge in [0, 0.05) is 6.04 Å². The average Bonchev–Trinajstić information content (AvgIpc) is 3.04. The Morgan fingerprint density at radius 3 is 2.73 bits per heavy atom. The molecule has 1 aliphatic heterocycles. The molecule has 0 aromatic heterocycles. The molecule has 0 bridgehead atoms. The van der Waals surface area contributed by atoms with Crippen molar-refractivity contribution in [3.8, 4) is 0 Å². The summed E-state index contributed by atoms with van der Waals surface area (Å²) in [5, 5.41) is 3.52.